The molecular formula is C28H30ClN3O3. The SMILES string of the molecule is CCNC(=O)CCN=C(c1ccc(Cl)cc1)c1cccc(OCCCNC(=O)c2ccccc2)c1. The third-order valence-corrected chi connectivity index (χ3v) is 5.37. The molecule has 0 aromatic heterocycles. The first-order valence-corrected chi connectivity index (χ1v) is 12.1. The fraction of sp³-hybridized carbons (Fsp3) is 0.250. The maximum absolute atomic E-state index is 12.1. The molecule has 0 aliphatic carbocycles. The van der Waals surface area contributed by atoms with Crippen molar-refractivity contribution in [2.24, 2.45) is 4.99 Å². The maximum atomic E-state index is 12.1. The molecule has 6 nitrogen and oxygen atoms in total. The van der Waals surface area contributed by atoms with Gasteiger partial charge in [0.1, 0.15) is 5.75 Å². The van der Waals surface area contributed by atoms with Gasteiger partial charge in [-0.3, -0.25) is 14.6 Å². The van der Waals surface area contributed by atoms with E-state index in [9.17, 15) is 9.59 Å². The molecule has 35 heavy (non-hydrogen) atoms. The van der Waals surface area contributed by atoms with Gasteiger partial charge in [-0.15, -0.1) is 0 Å². The Bertz CT molecular complexity index is 1130. The summed E-state index contributed by atoms with van der Waals surface area (Å²) in [5, 5.41) is 6.34. The van der Waals surface area contributed by atoms with Crippen LogP contribution in [-0.4, -0.2) is 43.8 Å². The molecule has 0 heterocycles. The number of hydrogen-bond donors (Lipinski definition) is 2. The predicted octanol–water partition coefficient (Wildman–Crippen LogP) is 4.90. The number of nitrogens with one attached hydrogen (secondary N) is 2. The third kappa shape index (κ3) is 8.58. The Morgan fingerprint density at radius 1 is 0.886 bits per heavy atom. The summed E-state index contributed by atoms with van der Waals surface area (Å²) in [4.78, 5) is 28.7. The highest BCUT2D eigenvalue weighted by atomic mass is 35.5. The first kappa shape index (κ1) is 26.0. The van der Waals surface area contributed by atoms with Gasteiger partial charge in [0.15, 0.2) is 0 Å². The third-order valence-electron chi connectivity index (χ3n) is 5.12. The number of amides is 2. The summed E-state index contributed by atoms with van der Waals surface area (Å²) in [6.45, 7) is 3.84. The molecule has 0 bridgehead atoms. The monoisotopic (exact) mass is 491 g/mol. The summed E-state index contributed by atoms with van der Waals surface area (Å²) >= 11 is 6.07. The van der Waals surface area contributed by atoms with Crippen molar-refractivity contribution in [1.29, 1.82) is 0 Å². The topological polar surface area (TPSA) is 79.8 Å². The van der Waals surface area contributed by atoms with E-state index < -0.39 is 0 Å². The van der Waals surface area contributed by atoms with Crippen molar-refractivity contribution in [3.8, 4) is 5.75 Å². The van der Waals surface area contributed by atoms with Crippen molar-refractivity contribution in [3.63, 3.8) is 0 Å². The van der Waals surface area contributed by atoms with Gasteiger partial charge in [-0.05, 0) is 49.7 Å². The van der Waals surface area contributed by atoms with Crippen LogP contribution in [0.1, 0.15) is 41.3 Å². The Labute approximate surface area is 211 Å². The molecule has 7 heteroatoms. The van der Waals surface area contributed by atoms with Crippen molar-refractivity contribution in [2.75, 3.05) is 26.2 Å². The van der Waals surface area contributed by atoms with Gasteiger partial charge in [0.25, 0.3) is 5.91 Å². The quantitative estimate of drug-likeness (QED) is 0.279. The van der Waals surface area contributed by atoms with Crippen molar-refractivity contribution in [3.05, 3.63) is 101 Å². The summed E-state index contributed by atoms with van der Waals surface area (Å²) < 4.78 is 5.92. The molecule has 0 fully saturated rings. The summed E-state index contributed by atoms with van der Waals surface area (Å²) in [5.74, 6) is 0.592. The van der Waals surface area contributed by atoms with Crippen LogP contribution in [0.15, 0.2) is 83.9 Å². The average Bonchev–Trinajstić information content (AvgIpc) is 2.88. The van der Waals surface area contributed by atoms with Crippen LogP contribution in [0, 0.1) is 0 Å². The van der Waals surface area contributed by atoms with Gasteiger partial charge in [0.05, 0.1) is 12.3 Å². The minimum atomic E-state index is -0.0935. The van der Waals surface area contributed by atoms with E-state index in [-0.39, 0.29) is 11.8 Å². The lowest BCUT2D eigenvalue weighted by Crippen LogP contribution is -2.25. The number of hydrogen-bond acceptors (Lipinski definition) is 4. The second-order valence-electron chi connectivity index (χ2n) is 7.79. The summed E-state index contributed by atoms with van der Waals surface area (Å²) in [5.41, 5.74) is 3.21. The second-order valence-corrected chi connectivity index (χ2v) is 8.23. The Morgan fingerprint density at radius 3 is 2.37 bits per heavy atom. The van der Waals surface area contributed by atoms with Gasteiger partial charge in [-0.1, -0.05) is 54.1 Å². The highest BCUT2D eigenvalue weighted by molar-refractivity contribution is 6.30. The predicted molar refractivity (Wildman–Crippen MR) is 141 cm³/mol. The van der Waals surface area contributed by atoms with Crippen LogP contribution >= 0.6 is 11.6 Å². The summed E-state index contributed by atoms with van der Waals surface area (Å²) in [6.07, 6.45) is 0.989. The molecule has 0 saturated carbocycles. The average molecular weight is 492 g/mol. The van der Waals surface area contributed by atoms with Gasteiger partial charge in [0, 0.05) is 47.8 Å². The molecule has 182 valence electrons. The number of carbonyl (C=O) groups excluding carboxylic acids is 2. The van der Waals surface area contributed by atoms with E-state index in [0.29, 0.717) is 55.4 Å². The number of carbonyl (C=O) groups is 2. The molecule has 0 saturated heterocycles. The van der Waals surface area contributed by atoms with Crippen LogP contribution in [0.3, 0.4) is 0 Å². The number of aliphatic imine (C=N–C) groups is 1. The normalized spacial score (nSPS) is 11.1. The van der Waals surface area contributed by atoms with Gasteiger partial charge < -0.3 is 15.4 Å². The standard InChI is InChI=1S/C28H30ClN3O3/c1-2-30-26(33)16-18-31-27(21-12-14-24(29)15-13-21)23-10-6-11-25(20-23)35-19-7-17-32-28(34)22-8-4-3-5-9-22/h3-6,8-15,20H,2,7,16-19H2,1H3,(H,30,33)(H,32,34). The largest absolute Gasteiger partial charge is 0.494 e. The number of rotatable bonds is 12. The zero-order valence-corrected chi connectivity index (χ0v) is 20.6. The first-order chi connectivity index (χ1) is 17.1. The number of halogens is 1. The number of ether oxygens (including phenoxy) is 1. The molecule has 2 N–H and O–H groups in total. The van der Waals surface area contributed by atoms with Crippen LogP contribution in [0.25, 0.3) is 0 Å². The van der Waals surface area contributed by atoms with Crippen LogP contribution in [-0.2, 0) is 4.79 Å². The molecule has 3 rings (SSSR count). The van der Waals surface area contributed by atoms with Crippen LogP contribution in [0.2, 0.25) is 5.02 Å². The zero-order chi connectivity index (χ0) is 24.9. The van der Waals surface area contributed by atoms with Gasteiger partial charge in [-0.2, -0.15) is 0 Å². The van der Waals surface area contributed by atoms with Crippen molar-refractivity contribution in [2.45, 2.75) is 19.8 Å². The van der Waals surface area contributed by atoms with Gasteiger partial charge in [-0.25, -0.2) is 0 Å². The highest BCUT2D eigenvalue weighted by Crippen LogP contribution is 2.19. The van der Waals surface area contributed by atoms with Crippen molar-refractivity contribution >= 4 is 29.1 Å². The van der Waals surface area contributed by atoms with Gasteiger partial charge >= 0.3 is 0 Å². The molecule has 0 unspecified atom stereocenters. The van der Waals surface area contributed by atoms with E-state index in [2.05, 4.69) is 10.6 Å². The number of nitrogens with zero attached hydrogens (tertiary/aromatic N) is 1. The fourth-order valence-electron chi connectivity index (χ4n) is 3.40. The molecule has 3 aromatic carbocycles. The van der Waals surface area contributed by atoms with Crippen LogP contribution in [0.5, 0.6) is 5.75 Å². The Balaban J connectivity index is 1.61. The van der Waals surface area contributed by atoms with Crippen LogP contribution in [0.4, 0.5) is 0 Å². The smallest absolute Gasteiger partial charge is 0.251 e. The Hall–Kier alpha value is -3.64. The van der Waals surface area contributed by atoms with Gasteiger partial charge in [0.2, 0.25) is 5.91 Å². The minimum Gasteiger partial charge on any atom is -0.494 e. The molecule has 0 radical (unpaired) electrons. The van der Waals surface area contributed by atoms with E-state index in [1.807, 2.05) is 73.7 Å². The lowest BCUT2D eigenvalue weighted by Gasteiger charge is -2.12. The molecular weight excluding hydrogens is 462 g/mol. The van der Waals surface area contributed by atoms with Crippen LogP contribution < -0.4 is 15.4 Å². The van der Waals surface area contributed by atoms with Crippen molar-refractivity contribution in [1.82, 2.24) is 10.6 Å². The fourth-order valence-corrected chi connectivity index (χ4v) is 3.53. The summed E-state index contributed by atoms with van der Waals surface area (Å²) in [6, 6.07) is 24.3. The van der Waals surface area contributed by atoms with E-state index in [1.54, 1.807) is 12.1 Å². The summed E-state index contributed by atoms with van der Waals surface area (Å²) in [7, 11) is 0. The maximum Gasteiger partial charge on any atom is 0.251 e. The Kier molecular flexibility index (Phi) is 10.3. The lowest BCUT2D eigenvalue weighted by molar-refractivity contribution is -0.120. The van der Waals surface area contributed by atoms with E-state index in [0.717, 1.165) is 16.8 Å². The highest BCUT2D eigenvalue weighted by Gasteiger charge is 2.10. The molecule has 3 aromatic rings. The lowest BCUT2D eigenvalue weighted by atomic mass is 10.0. The molecule has 0 aliphatic heterocycles. The van der Waals surface area contributed by atoms with E-state index in [4.69, 9.17) is 21.3 Å². The molecule has 0 spiro atoms. The Morgan fingerprint density at radius 2 is 1.63 bits per heavy atom. The molecule has 0 aliphatic rings. The molecule has 2 amide bonds. The van der Waals surface area contributed by atoms with E-state index >= 15 is 0 Å². The number of benzene rings is 3. The van der Waals surface area contributed by atoms with E-state index in [1.165, 1.54) is 0 Å². The van der Waals surface area contributed by atoms with Crippen molar-refractivity contribution < 1.29 is 14.3 Å². The second kappa shape index (κ2) is 13.9. The first-order valence-electron chi connectivity index (χ1n) is 11.7. The molecule has 0 atom stereocenters. The zero-order valence-electron chi connectivity index (χ0n) is 19.8. The minimum absolute atomic E-state index is 0.0249.